The van der Waals surface area contributed by atoms with Gasteiger partial charge < -0.3 is 23.7 Å². The van der Waals surface area contributed by atoms with E-state index in [9.17, 15) is 9.59 Å². The van der Waals surface area contributed by atoms with Crippen LogP contribution in [0.2, 0.25) is 0 Å². The first-order valence-corrected chi connectivity index (χ1v) is 7.17. The number of ether oxygens (including phenoxy) is 5. The predicted octanol–water partition coefficient (Wildman–Crippen LogP) is 1.87. The molecular weight excluding hydrogens is 316 g/mol. The zero-order valence-electron chi connectivity index (χ0n) is 14.5. The number of esters is 1. The van der Waals surface area contributed by atoms with E-state index in [0.717, 1.165) is 0 Å². The Morgan fingerprint density at radius 2 is 1.54 bits per heavy atom. The minimum absolute atomic E-state index is 0.0647. The van der Waals surface area contributed by atoms with Crippen LogP contribution >= 0.6 is 0 Å². The summed E-state index contributed by atoms with van der Waals surface area (Å²) in [5.41, 5.74) is 0.457. The third-order valence-corrected chi connectivity index (χ3v) is 3.12. The van der Waals surface area contributed by atoms with E-state index in [4.69, 9.17) is 23.7 Å². The van der Waals surface area contributed by atoms with Crippen LogP contribution in [0.1, 0.15) is 12.5 Å². The van der Waals surface area contributed by atoms with E-state index in [-0.39, 0.29) is 18.8 Å². The van der Waals surface area contributed by atoms with E-state index in [2.05, 4.69) is 0 Å². The number of carbonyl (C=O) groups is 2. The number of ketones is 1. The van der Waals surface area contributed by atoms with E-state index in [1.807, 2.05) is 0 Å². The molecule has 0 saturated carbocycles. The maximum absolute atomic E-state index is 12.0. The van der Waals surface area contributed by atoms with Crippen molar-refractivity contribution in [1.29, 1.82) is 0 Å². The molecule has 0 bridgehead atoms. The van der Waals surface area contributed by atoms with Gasteiger partial charge in [0.15, 0.2) is 17.3 Å². The van der Waals surface area contributed by atoms with Crippen LogP contribution in [0.4, 0.5) is 0 Å². The third kappa shape index (κ3) is 4.99. The molecule has 1 rings (SSSR count). The normalized spacial score (nSPS) is 11.0. The van der Waals surface area contributed by atoms with Crippen LogP contribution in [0.5, 0.6) is 17.2 Å². The molecular formula is C17H22O7. The SMILES string of the molecule is COCCOC(=O)C(=Cc1cc(OC)c(OC)c(OC)c1)C(C)=O. The second-order valence-corrected chi connectivity index (χ2v) is 4.70. The highest BCUT2D eigenvalue weighted by Crippen LogP contribution is 2.38. The smallest absolute Gasteiger partial charge is 0.341 e. The Balaban J connectivity index is 3.22. The van der Waals surface area contributed by atoms with Gasteiger partial charge >= 0.3 is 5.97 Å². The summed E-state index contributed by atoms with van der Waals surface area (Å²) in [7, 11) is 5.95. The lowest BCUT2D eigenvalue weighted by atomic mass is 10.1. The molecule has 0 fully saturated rings. The zero-order chi connectivity index (χ0) is 18.1. The lowest BCUT2D eigenvalue weighted by Gasteiger charge is -2.13. The van der Waals surface area contributed by atoms with E-state index in [1.54, 1.807) is 12.1 Å². The molecule has 7 heteroatoms. The first-order valence-electron chi connectivity index (χ1n) is 7.17. The van der Waals surface area contributed by atoms with Gasteiger partial charge in [-0.2, -0.15) is 0 Å². The predicted molar refractivity (Wildman–Crippen MR) is 87.6 cm³/mol. The largest absolute Gasteiger partial charge is 0.493 e. The van der Waals surface area contributed by atoms with Crippen molar-refractivity contribution in [3.63, 3.8) is 0 Å². The van der Waals surface area contributed by atoms with Crippen LogP contribution in [-0.4, -0.2) is 53.4 Å². The fourth-order valence-corrected chi connectivity index (χ4v) is 1.95. The summed E-state index contributed by atoms with van der Waals surface area (Å²) in [6.07, 6.45) is 1.42. The molecule has 1 aromatic rings. The van der Waals surface area contributed by atoms with Crippen molar-refractivity contribution in [2.24, 2.45) is 0 Å². The summed E-state index contributed by atoms with van der Waals surface area (Å²) in [6, 6.07) is 3.26. The standard InChI is InChI=1S/C17H22O7/c1-11(18)13(17(19)24-7-6-20-2)8-12-9-14(21-3)16(23-5)15(10-12)22-4/h8-10H,6-7H2,1-5H3. The van der Waals surface area contributed by atoms with Crippen LogP contribution in [0.15, 0.2) is 17.7 Å². The summed E-state index contributed by atoms with van der Waals surface area (Å²) in [4.78, 5) is 23.8. The van der Waals surface area contributed by atoms with Crippen molar-refractivity contribution < 1.29 is 33.3 Å². The Kier molecular flexibility index (Phi) is 7.77. The fraction of sp³-hybridized carbons (Fsp3) is 0.412. The molecule has 0 N–H and O–H groups in total. The summed E-state index contributed by atoms with van der Waals surface area (Å²) < 4.78 is 25.5. The highest BCUT2D eigenvalue weighted by Gasteiger charge is 2.18. The monoisotopic (exact) mass is 338 g/mol. The van der Waals surface area contributed by atoms with Crippen LogP contribution in [0.25, 0.3) is 6.08 Å². The second kappa shape index (κ2) is 9.57. The Labute approximate surface area is 141 Å². The lowest BCUT2D eigenvalue weighted by Crippen LogP contribution is -2.16. The maximum Gasteiger partial charge on any atom is 0.341 e. The number of benzene rings is 1. The van der Waals surface area contributed by atoms with Crippen LogP contribution in [0.3, 0.4) is 0 Å². The number of rotatable bonds is 9. The van der Waals surface area contributed by atoms with Crippen molar-refractivity contribution >= 4 is 17.8 Å². The molecule has 24 heavy (non-hydrogen) atoms. The Morgan fingerprint density at radius 1 is 0.958 bits per heavy atom. The van der Waals surface area contributed by atoms with Gasteiger partial charge in [-0.25, -0.2) is 4.79 Å². The summed E-state index contributed by atoms with van der Waals surface area (Å²) >= 11 is 0. The zero-order valence-corrected chi connectivity index (χ0v) is 14.5. The molecule has 0 aliphatic rings. The molecule has 0 atom stereocenters. The van der Waals surface area contributed by atoms with Gasteiger partial charge in [0, 0.05) is 7.11 Å². The van der Waals surface area contributed by atoms with Gasteiger partial charge in [0.1, 0.15) is 12.2 Å². The molecule has 7 nitrogen and oxygen atoms in total. The summed E-state index contributed by atoms with van der Waals surface area (Å²) in [5.74, 6) is 0.126. The molecule has 0 spiro atoms. The van der Waals surface area contributed by atoms with Crippen LogP contribution in [-0.2, 0) is 19.1 Å². The molecule has 0 aromatic heterocycles. The summed E-state index contributed by atoms with van der Waals surface area (Å²) in [6.45, 7) is 1.61. The lowest BCUT2D eigenvalue weighted by molar-refractivity contribution is -0.141. The van der Waals surface area contributed by atoms with Gasteiger partial charge in [0.2, 0.25) is 5.75 Å². The molecule has 0 aliphatic carbocycles. The second-order valence-electron chi connectivity index (χ2n) is 4.70. The quantitative estimate of drug-likeness (QED) is 0.223. The topological polar surface area (TPSA) is 80.3 Å². The average Bonchev–Trinajstić information content (AvgIpc) is 2.58. The minimum atomic E-state index is -0.715. The number of hydrogen-bond donors (Lipinski definition) is 0. The van der Waals surface area contributed by atoms with Crippen molar-refractivity contribution in [1.82, 2.24) is 0 Å². The molecule has 0 saturated heterocycles. The van der Waals surface area contributed by atoms with E-state index in [0.29, 0.717) is 22.8 Å². The fourth-order valence-electron chi connectivity index (χ4n) is 1.95. The highest BCUT2D eigenvalue weighted by atomic mass is 16.6. The van der Waals surface area contributed by atoms with Gasteiger partial charge in [-0.1, -0.05) is 0 Å². The molecule has 0 heterocycles. The van der Waals surface area contributed by atoms with E-state index in [1.165, 1.54) is 41.4 Å². The maximum atomic E-state index is 12.0. The van der Waals surface area contributed by atoms with Crippen molar-refractivity contribution in [2.45, 2.75) is 6.92 Å². The van der Waals surface area contributed by atoms with Crippen LogP contribution < -0.4 is 14.2 Å². The minimum Gasteiger partial charge on any atom is -0.493 e. The van der Waals surface area contributed by atoms with Gasteiger partial charge in [-0.15, -0.1) is 0 Å². The van der Waals surface area contributed by atoms with Crippen LogP contribution in [0, 0.1) is 0 Å². The number of carbonyl (C=O) groups excluding carboxylic acids is 2. The average molecular weight is 338 g/mol. The molecule has 0 amide bonds. The highest BCUT2D eigenvalue weighted by molar-refractivity contribution is 6.19. The van der Waals surface area contributed by atoms with Gasteiger partial charge in [0.25, 0.3) is 0 Å². The van der Waals surface area contributed by atoms with Crippen molar-refractivity contribution in [3.05, 3.63) is 23.3 Å². The molecule has 132 valence electrons. The number of Topliss-reactive ketones (excluding diaryl/α,β-unsaturated/α-hetero) is 1. The van der Waals surface area contributed by atoms with Crippen molar-refractivity contribution in [3.8, 4) is 17.2 Å². The number of methoxy groups -OCH3 is 4. The Bertz CT molecular complexity index is 594. The van der Waals surface area contributed by atoms with E-state index < -0.39 is 11.8 Å². The molecule has 0 aliphatic heterocycles. The molecule has 0 unspecified atom stereocenters. The van der Waals surface area contributed by atoms with Crippen molar-refractivity contribution in [2.75, 3.05) is 41.7 Å². The number of hydrogen-bond acceptors (Lipinski definition) is 7. The molecule has 0 radical (unpaired) electrons. The molecule has 1 aromatic carbocycles. The van der Waals surface area contributed by atoms with Gasteiger partial charge in [-0.3, -0.25) is 4.79 Å². The van der Waals surface area contributed by atoms with Gasteiger partial charge in [0.05, 0.1) is 27.9 Å². The Hall–Kier alpha value is -2.54. The first-order chi connectivity index (χ1) is 11.5. The third-order valence-electron chi connectivity index (χ3n) is 3.12. The van der Waals surface area contributed by atoms with Gasteiger partial charge in [-0.05, 0) is 30.7 Å². The first kappa shape index (κ1) is 19.5. The Morgan fingerprint density at radius 3 is 1.96 bits per heavy atom. The summed E-state index contributed by atoms with van der Waals surface area (Å²) in [5, 5.41) is 0. The van der Waals surface area contributed by atoms with E-state index >= 15 is 0 Å².